The van der Waals surface area contributed by atoms with Gasteiger partial charge in [-0.1, -0.05) is 70.1 Å². The summed E-state index contributed by atoms with van der Waals surface area (Å²) in [4.78, 5) is 19.5. The highest BCUT2D eigenvalue weighted by Crippen LogP contribution is 2.13. The van der Waals surface area contributed by atoms with Crippen LogP contribution in [0.3, 0.4) is 0 Å². The van der Waals surface area contributed by atoms with Crippen molar-refractivity contribution in [1.82, 2.24) is 24.9 Å². The van der Waals surface area contributed by atoms with Gasteiger partial charge >= 0.3 is 0 Å². The summed E-state index contributed by atoms with van der Waals surface area (Å²) in [7, 11) is 0. The third-order valence-electron chi connectivity index (χ3n) is 4.40. The molecule has 40 heavy (non-hydrogen) atoms. The van der Waals surface area contributed by atoms with Gasteiger partial charge in [0, 0.05) is 46.9 Å². The summed E-state index contributed by atoms with van der Waals surface area (Å²) < 4.78 is 0. The highest BCUT2D eigenvalue weighted by molar-refractivity contribution is 6.32. The molecule has 0 spiro atoms. The third-order valence-corrected chi connectivity index (χ3v) is 5.65. The lowest BCUT2D eigenvalue weighted by Crippen LogP contribution is -1.77. The van der Waals surface area contributed by atoms with Crippen LogP contribution in [0.1, 0.15) is 28.2 Å². The standard InChI is InChI=1S/C6H5Cl2N.3C6H6ClN.C6H7N/c1-4-2-5(7)9-6(8)3-4;1-5-4-8-3-2-6(5)7;1-5-2-3-6(7)4-8-5;1-5-3-2-4-6(7)8-5;1-6-4-2-3-5-7-6/h2-3H,1H3;3*2-4H,1H3;2-5H,1H3. The first-order valence-electron chi connectivity index (χ1n) is 11.9. The third kappa shape index (κ3) is 17.7. The number of halogens is 5. The van der Waals surface area contributed by atoms with E-state index in [0.717, 1.165) is 33.2 Å². The SMILES string of the molecule is Cc1cc(Cl)nc(Cl)c1.Cc1ccc(Cl)cn1.Cc1cccc(Cl)n1.Cc1ccccn1.Cc1cnccc1Cl. The zero-order chi connectivity index (χ0) is 29.9. The number of rotatable bonds is 0. The van der Waals surface area contributed by atoms with E-state index in [1.165, 1.54) is 0 Å². The van der Waals surface area contributed by atoms with Crippen molar-refractivity contribution < 1.29 is 0 Å². The first kappa shape index (κ1) is 35.2. The monoisotopic (exact) mass is 635 g/mol. The Morgan fingerprint density at radius 1 is 0.525 bits per heavy atom. The Kier molecular flexibility index (Phi) is 17.7. The van der Waals surface area contributed by atoms with Crippen molar-refractivity contribution in [2.45, 2.75) is 34.6 Å². The molecule has 0 amide bonds. The Morgan fingerprint density at radius 3 is 1.52 bits per heavy atom. The molecule has 5 aromatic heterocycles. The van der Waals surface area contributed by atoms with Gasteiger partial charge < -0.3 is 0 Å². The summed E-state index contributed by atoms with van der Waals surface area (Å²) in [6.45, 7) is 9.65. The molecule has 0 saturated carbocycles. The van der Waals surface area contributed by atoms with Crippen molar-refractivity contribution in [3.63, 3.8) is 0 Å². The molecule has 10 heteroatoms. The Labute approximate surface area is 261 Å². The van der Waals surface area contributed by atoms with Gasteiger partial charge in [0.15, 0.2) is 0 Å². The van der Waals surface area contributed by atoms with Gasteiger partial charge in [-0.2, -0.15) is 0 Å². The van der Waals surface area contributed by atoms with Gasteiger partial charge in [-0.15, -0.1) is 0 Å². The van der Waals surface area contributed by atoms with Crippen LogP contribution in [0, 0.1) is 34.6 Å². The van der Waals surface area contributed by atoms with E-state index < -0.39 is 0 Å². The molecule has 210 valence electrons. The van der Waals surface area contributed by atoms with E-state index in [4.69, 9.17) is 58.0 Å². The van der Waals surface area contributed by atoms with Crippen molar-refractivity contribution in [3.05, 3.63) is 145 Å². The Balaban J connectivity index is 0.000000250. The van der Waals surface area contributed by atoms with Crippen molar-refractivity contribution in [1.29, 1.82) is 0 Å². The van der Waals surface area contributed by atoms with Gasteiger partial charge in [-0.25, -0.2) is 9.97 Å². The lowest BCUT2D eigenvalue weighted by Gasteiger charge is -1.92. The maximum Gasteiger partial charge on any atom is 0.131 e. The maximum absolute atomic E-state index is 5.67. The van der Waals surface area contributed by atoms with Crippen molar-refractivity contribution in [2.24, 2.45) is 0 Å². The summed E-state index contributed by atoms with van der Waals surface area (Å²) in [6.07, 6.45) is 6.84. The summed E-state index contributed by atoms with van der Waals surface area (Å²) in [5.41, 5.74) is 5.07. The minimum atomic E-state index is 0.444. The highest BCUT2D eigenvalue weighted by Gasteiger charge is 1.92. The lowest BCUT2D eigenvalue weighted by atomic mass is 10.3. The van der Waals surface area contributed by atoms with Gasteiger partial charge in [0.05, 0.1) is 5.02 Å². The van der Waals surface area contributed by atoms with E-state index in [1.54, 1.807) is 49.1 Å². The Hall–Kier alpha value is -2.80. The zero-order valence-corrected chi connectivity index (χ0v) is 26.6. The van der Waals surface area contributed by atoms with Crippen LogP contribution in [0.15, 0.2) is 91.5 Å². The van der Waals surface area contributed by atoms with E-state index in [9.17, 15) is 0 Å². The second-order valence-corrected chi connectivity index (χ2v) is 10.1. The number of aromatic nitrogens is 5. The molecular weight excluding hydrogens is 608 g/mol. The summed E-state index contributed by atoms with van der Waals surface area (Å²) in [5, 5.41) is 2.92. The molecule has 5 heterocycles. The Morgan fingerprint density at radius 2 is 1.18 bits per heavy atom. The molecule has 0 saturated heterocycles. The second kappa shape index (κ2) is 20.1. The molecule has 0 aliphatic carbocycles. The molecule has 5 aromatic rings. The molecule has 0 aromatic carbocycles. The number of hydrogen-bond acceptors (Lipinski definition) is 5. The largest absolute Gasteiger partial charge is 0.264 e. The normalized spacial score (nSPS) is 9.25. The van der Waals surface area contributed by atoms with E-state index in [-0.39, 0.29) is 0 Å². The van der Waals surface area contributed by atoms with Crippen molar-refractivity contribution in [3.8, 4) is 0 Å². The van der Waals surface area contributed by atoms with E-state index in [0.29, 0.717) is 20.5 Å². The first-order chi connectivity index (χ1) is 19.0. The molecule has 0 N–H and O–H groups in total. The van der Waals surface area contributed by atoms with Crippen LogP contribution in [0.5, 0.6) is 0 Å². The highest BCUT2D eigenvalue weighted by atomic mass is 35.5. The fourth-order valence-corrected chi connectivity index (χ4v) is 3.44. The molecule has 0 fully saturated rings. The Bertz CT molecular complexity index is 1290. The number of aryl methyl sites for hydroxylation is 5. The van der Waals surface area contributed by atoms with Crippen molar-refractivity contribution >= 4 is 58.0 Å². The first-order valence-corrected chi connectivity index (χ1v) is 13.8. The van der Waals surface area contributed by atoms with Gasteiger partial charge in [0.25, 0.3) is 0 Å². The van der Waals surface area contributed by atoms with Gasteiger partial charge in [-0.3, -0.25) is 15.0 Å². The molecule has 0 atom stereocenters. The van der Waals surface area contributed by atoms with E-state index in [1.807, 2.05) is 77.1 Å². The van der Waals surface area contributed by atoms with E-state index in [2.05, 4.69) is 24.9 Å². The minimum absolute atomic E-state index is 0.444. The topological polar surface area (TPSA) is 64.5 Å². The van der Waals surface area contributed by atoms with E-state index >= 15 is 0 Å². The fraction of sp³-hybridized carbons (Fsp3) is 0.167. The number of pyridine rings is 5. The molecule has 5 nitrogen and oxygen atoms in total. The van der Waals surface area contributed by atoms with Crippen LogP contribution in [0.4, 0.5) is 0 Å². The molecule has 5 rings (SSSR count). The summed E-state index contributed by atoms with van der Waals surface area (Å²) in [5.74, 6) is 0. The number of nitrogens with zero attached hydrogens (tertiary/aromatic N) is 5. The molecule has 0 radical (unpaired) electrons. The van der Waals surface area contributed by atoms with Crippen molar-refractivity contribution in [2.75, 3.05) is 0 Å². The molecule has 0 aliphatic heterocycles. The molecule has 0 aliphatic rings. The van der Waals surface area contributed by atoms with Crippen LogP contribution in [0.25, 0.3) is 0 Å². The fourth-order valence-electron chi connectivity index (χ4n) is 2.45. The summed E-state index contributed by atoms with van der Waals surface area (Å²) >= 11 is 27.9. The van der Waals surface area contributed by atoms with Gasteiger partial charge in [0.1, 0.15) is 15.5 Å². The average Bonchev–Trinajstić information content (AvgIpc) is 2.89. The van der Waals surface area contributed by atoms with Gasteiger partial charge in [0.2, 0.25) is 0 Å². The van der Waals surface area contributed by atoms with Crippen LogP contribution >= 0.6 is 58.0 Å². The molecule has 0 unspecified atom stereocenters. The minimum Gasteiger partial charge on any atom is -0.264 e. The van der Waals surface area contributed by atoms with Crippen LogP contribution in [-0.4, -0.2) is 24.9 Å². The van der Waals surface area contributed by atoms with Crippen LogP contribution in [-0.2, 0) is 0 Å². The quantitative estimate of drug-likeness (QED) is 0.158. The predicted molar refractivity (Wildman–Crippen MR) is 170 cm³/mol. The summed E-state index contributed by atoms with van der Waals surface area (Å²) in [6, 6.07) is 20.4. The zero-order valence-electron chi connectivity index (χ0n) is 22.8. The number of hydrogen-bond donors (Lipinski definition) is 0. The predicted octanol–water partition coefficient (Wildman–Crippen LogP) is 10.2. The lowest BCUT2D eigenvalue weighted by molar-refractivity contribution is 1.20. The smallest absolute Gasteiger partial charge is 0.131 e. The molecular formula is C30H30Cl5N5. The maximum atomic E-state index is 5.67. The van der Waals surface area contributed by atoms with Crippen LogP contribution in [0.2, 0.25) is 25.5 Å². The second-order valence-electron chi connectivity index (χ2n) is 8.11. The van der Waals surface area contributed by atoms with Gasteiger partial charge in [-0.05, 0) is 100 Å². The molecule has 0 bridgehead atoms. The van der Waals surface area contributed by atoms with Crippen LogP contribution < -0.4 is 0 Å². The average molecular weight is 638 g/mol.